The van der Waals surface area contributed by atoms with Crippen molar-refractivity contribution in [2.24, 2.45) is 0 Å². The van der Waals surface area contributed by atoms with E-state index >= 15 is 0 Å². The summed E-state index contributed by atoms with van der Waals surface area (Å²) in [6.07, 6.45) is 7.68. The Hall–Kier alpha value is -2.60. The predicted octanol–water partition coefficient (Wildman–Crippen LogP) is 4.22. The average molecular weight is 407 g/mol. The fourth-order valence-electron chi connectivity index (χ4n) is 4.86. The summed E-state index contributed by atoms with van der Waals surface area (Å²) in [5.41, 5.74) is 3.37. The van der Waals surface area contributed by atoms with Crippen molar-refractivity contribution in [1.29, 1.82) is 0 Å². The van der Waals surface area contributed by atoms with E-state index in [0.29, 0.717) is 6.42 Å². The zero-order valence-corrected chi connectivity index (χ0v) is 17.6. The van der Waals surface area contributed by atoms with E-state index in [1.807, 2.05) is 17.6 Å². The lowest BCUT2D eigenvalue weighted by Gasteiger charge is -2.47. The number of likely N-dealkylation sites (tertiary alicyclic amines) is 1. The van der Waals surface area contributed by atoms with E-state index in [1.54, 1.807) is 11.3 Å². The Morgan fingerprint density at radius 1 is 1.28 bits per heavy atom. The van der Waals surface area contributed by atoms with Gasteiger partial charge in [-0.15, -0.1) is 0 Å². The molecule has 3 aromatic heterocycles. The van der Waals surface area contributed by atoms with Gasteiger partial charge in [0.25, 0.3) is 0 Å². The minimum absolute atomic E-state index is 0.182. The summed E-state index contributed by atoms with van der Waals surface area (Å²) in [6.45, 7) is 4.74. The van der Waals surface area contributed by atoms with Crippen LogP contribution in [0.1, 0.15) is 37.4 Å². The number of thiophene rings is 1. The zero-order valence-electron chi connectivity index (χ0n) is 16.8. The number of amides is 1. The maximum atomic E-state index is 13.0. The average Bonchev–Trinajstić information content (AvgIpc) is 3.49. The van der Waals surface area contributed by atoms with Crippen LogP contribution in [0.4, 0.5) is 5.69 Å². The summed E-state index contributed by atoms with van der Waals surface area (Å²) in [6, 6.07) is 10.6. The molecule has 1 fully saturated rings. The molecule has 2 aliphatic heterocycles. The van der Waals surface area contributed by atoms with Gasteiger partial charge >= 0.3 is 0 Å². The first-order valence-electron chi connectivity index (χ1n) is 10.4. The molecule has 5 rings (SSSR count). The molecule has 5 heterocycles. The van der Waals surface area contributed by atoms with Gasteiger partial charge in [-0.2, -0.15) is 11.3 Å². The Labute approximate surface area is 175 Å². The fourth-order valence-corrected chi connectivity index (χ4v) is 5.53. The van der Waals surface area contributed by atoms with Crippen molar-refractivity contribution in [2.45, 2.75) is 38.1 Å². The molecular formula is C23H26N4OS. The van der Waals surface area contributed by atoms with Crippen molar-refractivity contribution in [2.75, 3.05) is 24.5 Å². The Bertz CT molecular complexity index is 1010. The van der Waals surface area contributed by atoms with E-state index in [9.17, 15) is 4.79 Å². The Morgan fingerprint density at radius 2 is 2.21 bits per heavy atom. The molecule has 1 amide bonds. The lowest BCUT2D eigenvalue weighted by Crippen LogP contribution is -2.53. The molecule has 0 bridgehead atoms. The molecule has 0 saturated carbocycles. The molecule has 1 saturated heterocycles. The summed E-state index contributed by atoms with van der Waals surface area (Å²) >= 11 is 1.65. The van der Waals surface area contributed by atoms with Crippen LogP contribution >= 0.6 is 11.3 Å². The quantitative estimate of drug-likeness (QED) is 0.637. The van der Waals surface area contributed by atoms with Gasteiger partial charge in [0, 0.05) is 32.0 Å². The van der Waals surface area contributed by atoms with Crippen LogP contribution in [0.15, 0.2) is 53.5 Å². The van der Waals surface area contributed by atoms with Crippen LogP contribution < -0.4 is 4.90 Å². The number of fused-ring (bicyclic) bond motifs is 4. The van der Waals surface area contributed by atoms with E-state index in [4.69, 9.17) is 4.98 Å². The molecule has 0 unspecified atom stereocenters. The minimum Gasteiger partial charge on any atom is -0.355 e. The number of hydrogen-bond acceptors (Lipinski definition) is 4. The van der Waals surface area contributed by atoms with Crippen LogP contribution in [0, 0.1) is 0 Å². The fraction of sp³-hybridized carbons (Fsp3) is 0.391. The second kappa shape index (κ2) is 7.34. The standard InChI is InChI=1S/C23H26N4OS/c1-2-3-12-27-19-6-4-10-24-22(19)26-11-5-7-20(26)23(27)9-13-25(17-23)21(28)15-18-8-14-29-16-18/h4-8,10-11,14,16H,2-3,9,12-13,15,17H2,1H3/t23-/m1/s1. The highest BCUT2D eigenvalue weighted by atomic mass is 32.1. The number of rotatable bonds is 5. The van der Waals surface area contributed by atoms with Gasteiger partial charge in [0.1, 0.15) is 5.54 Å². The summed E-state index contributed by atoms with van der Waals surface area (Å²) < 4.78 is 2.23. The van der Waals surface area contributed by atoms with Gasteiger partial charge in [-0.05, 0) is 59.5 Å². The minimum atomic E-state index is -0.182. The molecule has 0 N–H and O–H groups in total. The second-order valence-corrected chi connectivity index (χ2v) is 8.80. The Kier molecular flexibility index (Phi) is 4.66. The highest BCUT2D eigenvalue weighted by molar-refractivity contribution is 7.08. The lowest BCUT2D eigenvalue weighted by molar-refractivity contribution is -0.129. The lowest BCUT2D eigenvalue weighted by atomic mass is 9.88. The smallest absolute Gasteiger partial charge is 0.227 e. The highest BCUT2D eigenvalue weighted by Crippen LogP contribution is 2.47. The number of carbonyl (C=O) groups excluding carboxylic acids is 1. The monoisotopic (exact) mass is 406 g/mol. The molecular weight excluding hydrogens is 380 g/mol. The third-order valence-electron chi connectivity index (χ3n) is 6.30. The zero-order chi connectivity index (χ0) is 19.8. The van der Waals surface area contributed by atoms with Crippen molar-refractivity contribution in [1.82, 2.24) is 14.5 Å². The third-order valence-corrected chi connectivity index (χ3v) is 7.03. The molecule has 0 aromatic carbocycles. The molecule has 29 heavy (non-hydrogen) atoms. The van der Waals surface area contributed by atoms with Gasteiger partial charge in [-0.25, -0.2) is 4.98 Å². The number of hydrogen-bond donors (Lipinski definition) is 0. The van der Waals surface area contributed by atoms with E-state index < -0.39 is 0 Å². The van der Waals surface area contributed by atoms with Crippen molar-refractivity contribution in [3.63, 3.8) is 0 Å². The first kappa shape index (κ1) is 18.4. The molecule has 150 valence electrons. The van der Waals surface area contributed by atoms with Crippen LogP contribution in [-0.2, 0) is 16.8 Å². The van der Waals surface area contributed by atoms with Crippen LogP contribution in [0.5, 0.6) is 0 Å². The Morgan fingerprint density at radius 3 is 3.03 bits per heavy atom. The number of aromatic nitrogens is 2. The largest absolute Gasteiger partial charge is 0.355 e. The Balaban J connectivity index is 1.51. The topological polar surface area (TPSA) is 41.4 Å². The van der Waals surface area contributed by atoms with E-state index in [-0.39, 0.29) is 11.4 Å². The van der Waals surface area contributed by atoms with Crippen molar-refractivity contribution in [3.05, 3.63) is 64.7 Å². The number of carbonyl (C=O) groups is 1. The van der Waals surface area contributed by atoms with Crippen LogP contribution in [0.2, 0.25) is 0 Å². The molecule has 2 aliphatic rings. The van der Waals surface area contributed by atoms with Gasteiger partial charge in [0.2, 0.25) is 5.91 Å². The normalized spacial score (nSPS) is 20.2. The van der Waals surface area contributed by atoms with Gasteiger partial charge in [-0.3, -0.25) is 4.79 Å². The van der Waals surface area contributed by atoms with Crippen LogP contribution in [0.3, 0.4) is 0 Å². The molecule has 1 spiro atoms. The molecule has 6 heteroatoms. The summed E-state index contributed by atoms with van der Waals surface area (Å²) in [4.78, 5) is 22.3. The first-order valence-corrected chi connectivity index (χ1v) is 11.4. The van der Waals surface area contributed by atoms with Crippen LogP contribution in [0.25, 0.3) is 5.82 Å². The van der Waals surface area contributed by atoms with E-state index in [1.165, 1.54) is 11.4 Å². The van der Waals surface area contributed by atoms with Crippen LogP contribution in [-0.4, -0.2) is 40.0 Å². The number of anilines is 1. The molecule has 5 nitrogen and oxygen atoms in total. The van der Waals surface area contributed by atoms with Gasteiger partial charge < -0.3 is 14.4 Å². The summed E-state index contributed by atoms with van der Waals surface area (Å²) in [7, 11) is 0. The van der Waals surface area contributed by atoms with E-state index in [2.05, 4.69) is 57.1 Å². The van der Waals surface area contributed by atoms with Crippen molar-refractivity contribution in [3.8, 4) is 5.82 Å². The molecule has 3 aromatic rings. The maximum absolute atomic E-state index is 13.0. The first-order chi connectivity index (χ1) is 14.2. The third kappa shape index (κ3) is 2.97. The van der Waals surface area contributed by atoms with Crippen molar-refractivity contribution < 1.29 is 4.79 Å². The SMILES string of the molecule is CCCCN1c2cccnc2-n2cccc2[C@]12CCN(C(=O)Cc1ccsc1)C2. The van der Waals surface area contributed by atoms with E-state index in [0.717, 1.165) is 50.3 Å². The summed E-state index contributed by atoms with van der Waals surface area (Å²) in [5, 5.41) is 4.11. The summed E-state index contributed by atoms with van der Waals surface area (Å²) in [5.74, 6) is 1.23. The predicted molar refractivity (Wildman–Crippen MR) is 117 cm³/mol. The van der Waals surface area contributed by atoms with Crippen molar-refractivity contribution >= 4 is 22.9 Å². The molecule has 0 aliphatic carbocycles. The number of unbranched alkanes of at least 4 members (excludes halogenated alkanes) is 1. The number of pyridine rings is 1. The van der Waals surface area contributed by atoms with Gasteiger partial charge in [0.05, 0.1) is 17.8 Å². The number of nitrogens with zero attached hydrogens (tertiary/aromatic N) is 4. The van der Waals surface area contributed by atoms with Gasteiger partial charge in [0.15, 0.2) is 5.82 Å². The maximum Gasteiger partial charge on any atom is 0.227 e. The highest BCUT2D eigenvalue weighted by Gasteiger charge is 2.50. The van der Waals surface area contributed by atoms with Gasteiger partial charge in [-0.1, -0.05) is 13.3 Å². The molecule has 0 radical (unpaired) electrons. The second-order valence-electron chi connectivity index (χ2n) is 8.02. The molecule has 1 atom stereocenters.